The average Bonchev–Trinajstić information content (AvgIpc) is 2.94. The maximum atomic E-state index is 6.21. The molecule has 2 rings (SSSR count). The zero-order chi connectivity index (χ0) is 14.6. The monoisotopic (exact) mass is 281 g/mol. The van der Waals surface area contributed by atoms with Gasteiger partial charge >= 0.3 is 0 Å². The molecule has 0 spiro atoms. The number of nitrogens with zero attached hydrogens (tertiary/aromatic N) is 2. The number of rotatable bonds is 6. The Kier molecular flexibility index (Phi) is 5.88. The van der Waals surface area contributed by atoms with E-state index in [-0.39, 0.29) is 5.54 Å². The van der Waals surface area contributed by atoms with E-state index in [1.54, 1.807) is 0 Å². The molecule has 0 bridgehead atoms. The van der Waals surface area contributed by atoms with E-state index in [9.17, 15) is 0 Å². The molecule has 1 saturated heterocycles. The van der Waals surface area contributed by atoms with Gasteiger partial charge in [-0.05, 0) is 64.6 Å². The molecule has 1 aliphatic heterocycles. The van der Waals surface area contributed by atoms with E-state index in [1.807, 2.05) is 0 Å². The van der Waals surface area contributed by atoms with E-state index in [0.717, 1.165) is 18.5 Å². The third kappa shape index (κ3) is 3.37. The minimum atomic E-state index is 0.285. The van der Waals surface area contributed by atoms with Gasteiger partial charge in [-0.3, -0.25) is 9.80 Å². The van der Waals surface area contributed by atoms with Crippen LogP contribution in [0.2, 0.25) is 0 Å². The van der Waals surface area contributed by atoms with Gasteiger partial charge in [0.1, 0.15) is 0 Å². The molecule has 1 heterocycles. The lowest BCUT2D eigenvalue weighted by molar-refractivity contribution is 0.0445. The average molecular weight is 281 g/mol. The van der Waals surface area contributed by atoms with Crippen LogP contribution in [0.15, 0.2) is 0 Å². The molecule has 1 atom stereocenters. The third-order valence-electron chi connectivity index (χ3n) is 6.19. The first-order valence-electron chi connectivity index (χ1n) is 8.80. The predicted octanol–water partition coefficient (Wildman–Crippen LogP) is 2.70. The topological polar surface area (TPSA) is 32.5 Å². The molecule has 3 nitrogen and oxygen atoms in total. The number of hydrogen-bond acceptors (Lipinski definition) is 3. The Balaban J connectivity index is 1.93. The summed E-state index contributed by atoms with van der Waals surface area (Å²) >= 11 is 0. The molecule has 1 saturated carbocycles. The van der Waals surface area contributed by atoms with Gasteiger partial charge in [-0.2, -0.15) is 0 Å². The van der Waals surface area contributed by atoms with Crippen LogP contribution in [-0.4, -0.2) is 54.6 Å². The summed E-state index contributed by atoms with van der Waals surface area (Å²) in [6.45, 7) is 9.17. The molecule has 118 valence electrons. The summed E-state index contributed by atoms with van der Waals surface area (Å²) in [7, 11) is 2.32. The van der Waals surface area contributed by atoms with Crippen molar-refractivity contribution >= 4 is 0 Å². The Morgan fingerprint density at radius 3 is 2.45 bits per heavy atom. The molecule has 20 heavy (non-hydrogen) atoms. The van der Waals surface area contributed by atoms with Crippen LogP contribution < -0.4 is 5.73 Å². The van der Waals surface area contributed by atoms with Crippen molar-refractivity contribution in [1.29, 1.82) is 0 Å². The maximum Gasteiger partial charge on any atom is 0.0329 e. The van der Waals surface area contributed by atoms with E-state index >= 15 is 0 Å². The summed E-state index contributed by atoms with van der Waals surface area (Å²) in [5, 5.41) is 0. The predicted molar refractivity (Wildman–Crippen MR) is 86.9 cm³/mol. The summed E-state index contributed by atoms with van der Waals surface area (Å²) in [4.78, 5) is 5.27. The van der Waals surface area contributed by atoms with Gasteiger partial charge in [-0.1, -0.05) is 20.3 Å². The largest absolute Gasteiger partial charge is 0.329 e. The highest BCUT2D eigenvalue weighted by molar-refractivity contribution is 4.96. The molecule has 2 N–H and O–H groups in total. The van der Waals surface area contributed by atoms with Crippen molar-refractivity contribution in [2.24, 2.45) is 11.7 Å². The molecule has 0 amide bonds. The quantitative estimate of drug-likeness (QED) is 0.812. The van der Waals surface area contributed by atoms with Crippen LogP contribution in [0.3, 0.4) is 0 Å². The normalized spacial score (nSPS) is 35.9. The van der Waals surface area contributed by atoms with E-state index in [4.69, 9.17) is 5.73 Å². The van der Waals surface area contributed by atoms with E-state index in [1.165, 1.54) is 64.6 Å². The standard InChI is InChI=1S/C17H35N3/c1-4-15-8-10-17(14-18,11-9-15)19(3)13-16-7-6-12-20(16)5-2/h15-16H,4-14,18H2,1-3H3. The molecule has 2 fully saturated rings. The zero-order valence-electron chi connectivity index (χ0n) is 13.9. The van der Waals surface area contributed by atoms with Gasteiger partial charge in [0.25, 0.3) is 0 Å². The fourth-order valence-electron chi connectivity index (χ4n) is 4.39. The lowest BCUT2D eigenvalue weighted by Crippen LogP contribution is -2.56. The fourth-order valence-corrected chi connectivity index (χ4v) is 4.39. The molecule has 3 heteroatoms. The fraction of sp³-hybridized carbons (Fsp3) is 1.00. The van der Waals surface area contributed by atoms with Crippen molar-refractivity contribution in [2.75, 3.05) is 33.2 Å². The Morgan fingerprint density at radius 1 is 1.20 bits per heavy atom. The lowest BCUT2D eigenvalue weighted by Gasteiger charge is -2.47. The molecular weight excluding hydrogens is 246 g/mol. The van der Waals surface area contributed by atoms with Gasteiger partial charge in [-0.15, -0.1) is 0 Å². The van der Waals surface area contributed by atoms with Gasteiger partial charge < -0.3 is 5.73 Å². The molecule has 0 aromatic rings. The smallest absolute Gasteiger partial charge is 0.0329 e. The van der Waals surface area contributed by atoms with Crippen LogP contribution in [0.1, 0.15) is 58.8 Å². The Hall–Kier alpha value is -0.120. The summed E-state index contributed by atoms with van der Waals surface area (Å²) < 4.78 is 0. The maximum absolute atomic E-state index is 6.21. The second-order valence-electron chi connectivity index (χ2n) is 7.09. The lowest BCUT2D eigenvalue weighted by atomic mass is 9.74. The van der Waals surface area contributed by atoms with Gasteiger partial charge in [0.05, 0.1) is 0 Å². The van der Waals surface area contributed by atoms with Crippen LogP contribution in [0.25, 0.3) is 0 Å². The number of hydrogen-bond donors (Lipinski definition) is 1. The molecular formula is C17H35N3. The number of likely N-dealkylation sites (N-methyl/N-ethyl adjacent to an activating group) is 2. The van der Waals surface area contributed by atoms with E-state index < -0.39 is 0 Å². The molecule has 0 aromatic carbocycles. The summed E-state index contributed by atoms with van der Waals surface area (Å²) in [5.41, 5.74) is 6.50. The second-order valence-corrected chi connectivity index (χ2v) is 7.09. The Labute approximate surface area is 125 Å². The Bertz CT molecular complexity index is 284. The van der Waals surface area contributed by atoms with Crippen LogP contribution in [0, 0.1) is 5.92 Å². The highest BCUT2D eigenvalue weighted by Gasteiger charge is 2.38. The summed E-state index contributed by atoms with van der Waals surface area (Å²) in [5.74, 6) is 0.946. The van der Waals surface area contributed by atoms with Gasteiger partial charge in [-0.25, -0.2) is 0 Å². The minimum absolute atomic E-state index is 0.285. The van der Waals surface area contributed by atoms with Crippen molar-refractivity contribution in [3.63, 3.8) is 0 Å². The van der Waals surface area contributed by atoms with Crippen LogP contribution in [-0.2, 0) is 0 Å². The van der Waals surface area contributed by atoms with Crippen LogP contribution in [0.5, 0.6) is 0 Å². The Morgan fingerprint density at radius 2 is 1.90 bits per heavy atom. The van der Waals surface area contributed by atoms with Crippen molar-refractivity contribution < 1.29 is 0 Å². The number of likely N-dealkylation sites (tertiary alicyclic amines) is 1. The number of nitrogens with two attached hydrogens (primary N) is 1. The minimum Gasteiger partial charge on any atom is -0.329 e. The van der Waals surface area contributed by atoms with Gasteiger partial charge in [0.2, 0.25) is 0 Å². The molecule has 0 radical (unpaired) electrons. The van der Waals surface area contributed by atoms with Crippen LogP contribution in [0.4, 0.5) is 0 Å². The summed E-state index contributed by atoms with van der Waals surface area (Å²) in [6.07, 6.45) is 9.45. The van der Waals surface area contributed by atoms with Crippen molar-refractivity contribution in [3.05, 3.63) is 0 Å². The zero-order valence-corrected chi connectivity index (χ0v) is 13.9. The highest BCUT2D eigenvalue weighted by Crippen LogP contribution is 2.37. The molecule has 2 aliphatic rings. The summed E-state index contributed by atoms with van der Waals surface area (Å²) in [6, 6.07) is 0.761. The molecule has 1 aliphatic carbocycles. The van der Waals surface area contributed by atoms with Crippen molar-refractivity contribution in [1.82, 2.24) is 9.80 Å². The van der Waals surface area contributed by atoms with Gasteiger partial charge in [0, 0.05) is 24.7 Å². The van der Waals surface area contributed by atoms with Crippen molar-refractivity contribution in [3.8, 4) is 0 Å². The molecule has 0 aromatic heterocycles. The SMILES string of the molecule is CCC1CCC(CN)(N(C)CC2CCCN2CC)CC1. The molecule has 1 unspecified atom stereocenters. The van der Waals surface area contributed by atoms with Crippen LogP contribution >= 0.6 is 0 Å². The third-order valence-corrected chi connectivity index (χ3v) is 6.19. The second kappa shape index (κ2) is 7.24. The first-order valence-corrected chi connectivity index (χ1v) is 8.80. The highest BCUT2D eigenvalue weighted by atomic mass is 15.3. The first kappa shape index (κ1) is 16.3. The van der Waals surface area contributed by atoms with Crippen molar-refractivity contribution in [2.45, 2.75) is 70.4 Å². The van der Waals surface area contributed by atoms with Gasteiger partial charge in [0.15, 0.2) is 0 Å². The first-order chi connectivity index (χ1) is 9.65. The van der Waals surface area contributed by atoms with E-state index in [0.29, 0.717) is 0 Å². The van der Waals surface area contributed by atoms with E-state index in [2.05, 4.69) is 30.7 Å².